The smallest absolute Gasteiger partial charge is 0.328 e. The molecule has 16 heavy (non-hydrogen) atoms. The predicted octanol–water partition coefficient (Wildman–Crippen LogP) is -0.511. The van der Waals surface area contributed by atoms with Gasteiger partial charge in [-0.15, -0.1) is 0 Å². The highest BCUT2D eigenvalue weighted by molar-refractivity contribution is 7.90. The molecule has 7 heteroatoms. The third kappa shape index (κ3) is 7.22. The topological polar surface area (TPSA) is 89.5 Å². The number of sulfone groups is 1. The number of carbonyl (C=O) groups is 2. The SMILES string of the molecule is CCOC(=O)[C@H](CCS(C)(=O)=O)NC(C)=O. The first kappa shape index (κ1) is 14.9. The van der Waals surface area contributed by atoms with Crippen molar-refractivity contribution in [3.05, 3.63) is 0 Å². The van der Waals surface area contributed by atoms with Crippen LogP contribution in [-0.4, -0.2) is 45.0 Å². The van der Waals surface area contributed by atoms with E-state index >= 15 is 0 Å². The Morgan fingerprint density at radius 1 is 1.38 bits per heavy atom. The van der Waals surface area contributed by atoms with Crippen LogP contribution in [0.25, 0.3) is 0 Å². The number of amides is 1. The summed E-state index contributed by atoms with van der Waals surface area (Å²) in [5, 5.41) is 2.36. The minimum Gasteiger partial charge on any atom is -0.464 e. The zero-order valence-corrected chi connectivity index (χ0v) is 10.5. The minimum absolute atomic E-state index is 0.0250. The van der Waals surface area contributed by atoms with Crippen molar-refractivity contribution in [3.63, 3.8) is 0 Å². The van der Waals surface area contributed by atoms with Crippen LogP contribution in [0.5, 0.6) is 0 Å². The van der Waals surface area contributed by atoms with Gasteiger partial charge in [0.05, 0.1) is 12.4 Å². The molecule has 0 saturated carbocycles. The Kier molecular flexibility index (Phi) is 6.02. The van der Waals surface area contributed by atoms with E-state index in [4.69, 9.17) is 4.74 Å². The lowest BCUT2D eigenvalue weighted by atomic mass is 10.2. The first-order valence-electron chi connectivity index (χ1n) is 4.87. The van der Waals surface area contributed by atoms with Crippen LogP contribution >= 0.6 is 0 Å². The van der Waals surface area contributed by atoms with Gasteiger partial charge >= 0.3 is 5.97 Å². The van der Waals surface area contributed by atoms with Crippen molar-refractivity contribution >= 4 is 21.7 Å². The van der Waals surface area contributed by atoms with E-state index in [1.807, 2.05) is 0 Å². The van der Waals surface area contributed by atoms with Crippen molar-refractivity contribution in [3.8, 4) is 0 Å². The van der Waals surface area contributed by atoms with E-state index in [9.17, 15) is 18.0 Å². The molecular weight excluding hydrogens is 234 g/mol. The van der Waals surface area contributed by atoms with Crippen molar-refractivity contribution in [2.45, 2.75) is 26.3 Å². The number of esters is 1. The molecule has 0 saturated heterocycles. The van der Waals surface area contributed by atoms with Crippen LogP contribution in [0.15, 0.2) is 0 Å². The molecule has 1 amide bonds. The van der Waals surface area contributed by atoms with Crippen LogP contribution in [0.3, 0.4) is 0 Å². The molecule has 0 aliphatic rings. The molecule has 0 heterocycles. The number of carbonyl (C=O) groups excluding carboxylic acids is 2. The fourth-order valence-corrected chi connectivity index (χ4v) is 1.73. The standard InChI is InChI=1S/C9H17NO5S/c1-4-15-9(12)8(10-7(2)11)5-6-16(3,13)14/h8H,4-6H2,1-3H3,(H,10,11)/t8-/m0/s1. The minimum atomic E-state index is -3.16. The quantitative estimate of drug-likeness (QED) is 0.642. The van der Waals surface area contributed by atoms with Crippen LogP contribution in [-0.2, 0) is 24.2 Å². The molecule has 0 aliphatic carbocycles. The molecule has 0 aromatic rings. The maximum absolute atomic E-state index is 11.4. The number of ether oxygens (including phenoxy) is 1. The van der Waals surface area contributed by atoms with Crippen molar-refractivity contribution in [1.29, 1.82) is 0 Å². The van der Waals surface area contributed by atoms with E-state index in [1.165, 1.54) is 6.92 Å². The van der Waals surface area contributed by atoms with Gasteiger partial charge in [-0.3, -0.25) is 4.79 Å². The van der Waals surface area contributed by atoms with Crippen LogP contribution < -0.4 is 5.32 Å². The maximum Gasteiger partial charge on any atom is 0.328 e. The van der Waals surface area contributed by atoms with E-state index in [1.54, 1.807) is 6.92 Å². The number of hydrogen-bond donors (Lipinski definition) is 1. The third-order valence-corrected chi connectivity index (χ3v) is 2.70. The third-order valence-electron chi connectivity index (χ3n) is 1.73. The van der Waals surface area contributed by atoms with Gasteiger partial charge in [-0.05, 0) is 13.3 Å². The molecule has 94 valence electrons. The van der Waals surface area contributed by atoms with Crippen molar-refractivity contribution in [2.24, 2.45) is 0 Å². The highest BCUT2D eigenvalue weighted by Gasteiger charge is 2.22. The van der Waals surface area contributed by atoms with Crippen LogP contribution in [0.2, 0.25) is 0 Å². The largest absolute Gasteiger partial charge is 0.464 e. The van der Waals surface area contributed by atoms with Crippen molar-refractivity contribution < 1.29 is 22.7 Å². The highest BCUT2D eigenvalue weighted by atomic mass is 32.2. The summed E-state index contributed by atoms with van der Waals surface area (Å²) in [6, 6.07) is -0.896. The first-order valence-corrected chi connectivity index (χ1v) is 6.93. The monoisotopic (exact) mass is 251 g/mol. The van der Waals surface area contributed by atoms with Crippen LogP contribution in [0.1, 0.15) is 20.3 Å². The molecule has 0 rings (SSSR count). The molecule has 0 aromatic heterocycles. The van der Waals surface area contributed by atoms with Gasteiger partial charge in [0.25, 0.3) is 0 Å². The average molecular weight is 251 g/mol. The lowest BCUT2D eigenvalue weighted by molar-refractivity contribution is -0.147. The van der Waals surface area contributed by atoms with Gasteiger partial charge in [0.15, 0.2) is 0 Å². The molecule has 0 bridgehead atoms. The van der Waals surface area contributed by atoms with Crippen molar-refractivity contribution in [1.82, 2.24) is 5.32 Å². The van der Waals surface area contributed by atoms with Crippen LogP contribution in [0, 0.1) is 0 Å². The second-order valence-electron chi connectivity index (χ2n) is 3.42. The number of rotatable bonds is 6. The normalized spacial score (nSPS) is 12.9. The molecule has 6 nitrogen and oxygen atoms in total. The van der Waals surface area contributed by atoms with Crippen molar-refractivity contribution in [2.75, 3.05) is 18.6 Å². The lowest BCUT2D eigenvalue weighted by Crippen LogP contribution is -2.41. The summed E-state index contributed by atoms with van der Waals surface area (Å²) in [7, 11) is -3.16. The van der Waals surface area contributed by atoms with Crippen LogP contribution in [0.4, 0.5) is 0 Å². The van der Waals surface area contributed by atoms with E-state index in [0.717, 1.165) is 6.26 Å². The lowest BCUT2D eigenvalue weighted by Gasteiger charge is -2.15. The van der Waals surface area contributed by atoms with Gasteiger partial charge in [0.2, 0.25) is 5.91 Å². The average Bonchev–Trinajstić information content (AvgIpc) is 2.10. The van der Waals surface area contributed by atoms with E-state index in [-0.39, 0.29) is 18.8 Å². The predicted molar refractivity (Wildman–Crippen MR) is 58.6 cm³/mol. The van der Waals surface area contributed by atoms with Gasteiger partial charge in [-0.25, -0.2) is 13.2 Å². The van der Waals surface area contributed by atoms with Gasteiger partial charge in [-0.1, -0.05) is 0 Å². The van der Waals surface area contributed by atoms with E-state index in [0.29, 0.717) is 0 Å². The Balaban J connectivity index is 4.43. The molecule has 1 atom stereocenters. The molecular formula is C9H17NO5S. The molecule has 0 radical (unpaired) electrons. The fourth-order valence-electron chi connectivity index (χ4n) is 1.07. The summed E-state index contributed by atoms with van der Waals surface area (Å²) < 4.78 is 26.6. The summed E-state index contributed by atoms with van der Waals surface area (Å²) >= 11 is 0. The summed E-state index contributed by atoms with van der Waals surface area (Å²) in [6.07, 6.45) is 1.10. The number of hydrogen-bond acceptors (Lipinski definition) is 5. The molecule has 1 N–H and O–H groups in total. The second kappa shape index (κ2) is 6.47. The van der Waals surface area contributed by atoms with Gasteiger partial charge in [-0.2, -0.15) is 0 Å². The second-order valence-corrected chi connectivity index (χ2v) is 5.68. The molecule has 0 spiro atoms. The molecule has 0 aromatic carbocycles. The highest BCUT2D eigenvalue weighted by Crippen LogP contribution is 1.99. The summed E-state index contributed by atoms with van der Waals surface area (Å²) in [6.45, 7) is 3.08. The van der Waals surface area contributed by atoms with E-state index in [2.05, 4.69) is 5.32 Å². The Morgan fingerprint density at radius 3 is 2.31 bits per heavy atom. The zero-order chi connectivity index (χ0) is 12.8. The summed E-state index contributed by atoms with van der Waals surface area (Å²) in [4.78, 5) is 22.2. The van der Waals surface area contributed by atoms with Gasteiger partial charge < -0.3 is 10.1 Å². The van der Waals surface area contributed by atoms with Gasteiger partial charge in [0, 0.05) is 13.2 Å². The molecule has 0 unspecified atom stereocenters. The fraction of sp³-hybridized carbons (Fsp3) is 0.778. The summed E-state index contributed by atoms with van der Waals surface area (Å²) in [5.41, 5.74) is 0. The Morgan fingerprint density at radius 2 is 1.94 bits per heavy atom. The molecule has 0 aliphatic heterocycles. The Labute approximate surface area is 95.3 Å². The first-order chi connectivity index (χ1) is 7.26. The zero-order valence-electron chi connectivity index (χ0n) is 9.65. The maximum atomic E-state index is 11.4. The van der Waals surface area contributed by atoms with Gasteiger partial charge in [0.1, 0.15) is 15.9 Å². The Hall–Kier alpha value is -1.11. The summed E-state index contributed by atoms with van der Waals surface area (Å²) in [5.74, 6) is -1.18. The van der Waals surface area contributed by atoms with E-state index < -0.39 is 27.8 Å². The molecule has 0 fully saturated rings. The Bertz CT molecular complexity index is 349. The number of nitrogens with one attached hydrogen (secondary N) is 1.